The number of unbranched alkanes of at least 4 members (excludes halogenated alkanes) is 15. The van der Waals surface area contributed by atoms with Gasteiger partial charge in [0.25, 0.3) is 0 Å². The molecule has 0 saturated heterocycles. The Hall–Kier alpha value is -0.560. The molecule has 0 aromatic carbocycles. The minimum absolute atomic E-state index is 0.397. The van der Waals surface area contributed by atoms with Gasteiger partial charge in [0.2, 0.25) is 0 Å². The highest BCUT2D eigenvalue weighted by molar-refractivity contribution is 5.17. The zero-order valence-electron chi connectivity index (χ0n) is 19.7. The third-order valence-electron chi connectivity index (χ3n) is 6.38. The van der Waals surface area contributed by atoms with Crippen LogP contribution < -0.4 is 0 Å². The Morgan fingerprint density at radius 1 is 0.643 bits per heavy atom. The van der Waals surface area contributed by atoms with Gasteiger partial charge in [-0.2, -0.15) is 0 Å². The summed E-state index contributed by atoms with van der Waals surface area (Å²) in [7, 11) is 4.42. The fourth-order valence-corrected chi connectivity index (χ4v) is 4.75. The van der Waals surface area contributed by atoms with E-state index >= 15 is 0 Å². The minimum atomic E-state index is 0.397. The fourth-order valence-electron chi connectivity index (χ4n) is 4.75. The third kappa shape index (κ3) is 13.6. The van der Waals surface area contributed by atoms with Crippen molar-refractivity contribution in [1.29, 1.82) is 0 Å². The van der Waals surface area contributed by atoms with Crippen LogP contribution in [0.1, 0.15) is 122 Å². The molecule has 1 aliphatic carbocycles. The van der Waals surface area contributed by atoms with Crippen LogP contribution >= 0.6 is 0 Å². The summed E-state index contributed by atoms with van der Waals surface area (Å²) in [6.07, 6.45) is 35.1. The van der Waals surface area contributed by atoms with Crippen LogP contribution in [-0.2, 0) is 0 Å². The lowest BCUT2D eigenvalue weighted by Gasteiger charge is -2.34. The molecule has 1 aliphatic rings. The maximum Gasteiger partial charge on any atom is 0.00697 e. The van der Waals surface area contributed by atoms with Crippen molar-refractivity contribution >= 4 is 0 Å². The van der Waals surface area contributed by atoms with E-state index in [1.165, 1.54) is 122 Å². The summed E-state index contributed by atoms with van der Waals surface area (Å²) in [5.74, 6) is 0. The highest BCUT2D eigenvalue weighted by Gasteiger charge is 2.27. The minimum Gasteiger partial charge on any atom is -0.309 e. The van der Waals surface area contributed by atoms with Crippen LogP contribution in [0.3, 0.4) is 0 Å². The van der Waals surface area contributed by atoms with Gasteiger partial charge in [-0.1, -0.05) is 134 Å². The van der Waals surface area contributed by atoms with Gasteiger partial charge >= 0.3 is 0 Å². The Kier molecular flexibility index (Phi) is 15.8. The van der Waals surface area contributed by atoms with Crippen LogP contribution in [-0.4, -0.2) is 25.5 Å². The van der Waals surface area contributed by atoms with Crippen molar-refractivity contribution in [1.82, 2.24) is 4.90 Å². The zero-order chi connectivity index (χ0) is 20.3. The Labute approximate surface area is 178 Å². The van der Waals surface area contributed by atoms with Gasteiger partial charge in [-0.3, -0.25) is 0 Å². The van der Waals surface area contributed by atoms with Crippen LogP contribution in [0.15, 0.2) is 24.3 Å². The lowest BCUT2D eigenvalue weighted by atomic mass is 9.77. The van der Waals surface area contributed by atoms with Crippen molar-refractivity contribution < 1.29 is 0 Å². The van der Waals surface area contributed by atoms with Crippen LogP contribution in [0.4, 0.5) is 0 Å². The molecule has 1 nitrogen and oxygen atoms in total. The normalized spacial score (nSPS) is 19.0. The molecule has 0 heterocycles. The summed E-state index contributed by atoms with van der Waals surface area (Å²) in [6, 6.07) is 0. The van der Waals surface area contributed by atoms with Gasteiger partial charge in [-0.25, -0.2) is 0 Å². The van der Waals surface area contributed by atoms with Gasteiger partial charge in [0.1, 0.15) is 0 Å². The summed E-state index contributed by atoms with van der Waals surface area (Å²) in [6.45, 7) is 3.49. The van der Waals surface area contributed by atoms with Gasteiger partial charge in [0.15, 0.2) is 0 Å². The summed E-state index contributed by atoms with van der Waals surface area (Å²) >= 11 is 0. The predicted molar refractivity (Wildman–Crippen MR) is 128 cm³/mol. The van der Waals surface area contributed by atoms with Crippen molar-refractivity contribution in [2.24, 2.45) is 5.41 Å². The quantitative estimate of drug-likeness (QED) is 0.200. The summed E-state index contributed by atoms with van der Waals surface area (Å²) in [5.41, 5.74) is 0.397. The lowest BCUT2D eigenvalue weighted by molar-refractivity contribution is 0.231. The first kappa shape index (κ1) is 25.5. The van der Waals surface area contributed by atoms with E-state index in [4.69, 9.17) is 0 Å². The molecule has 1 atom stereocenters. The molecule has 0 radical (unpaired) electrons. The van der Waals surface area contributed by atoms with Gasteiger partial charge in [-0.05, 0) is 26.9 Å². The highest BCUT2D eigenvalue weighted by atomic mass is 15.1. The average Bonchev–Trinajstić information content (AvgIpc) is 2.68. The SMILES string of the molecule is CCCCCCCCCCCCCCCCCCC1(CN(C)C)C=CC=CC1. The van der Waals surface area contributed by atoms with E-state index in [0.29, 0.717) is 5.41 Å². The second kappa shape index (κ2) is 17.3. The molecule has 0 N–H and O–H groups in total. The van der Waals surface area contributed by atoms with Crippen LogP contribution in [0.2, 0.25) is 0 Å². The molecule has 0 aliphatic heterocycles. The van der Waals surface area contributed by atoms with Crippen LogP contribution in [0.25, 0.3) is 0 Å². The Morgan fingerprint density at radius 3 is 1.50 bits per heavy atom. The highest BCUT2D eigenvalue weighted by Crippen LogP contribution is 2.34. The summed E-state index contributed by atoms with van der Waals surface area (Å²) < 4.78 is 0. The Bertz CT molecular complexity index is 395. The summed E-state index contributed by atoms with van der Waals surface area (Å²) in [4.78, 5) is 2.36. The van der Waals surface area contributed by atoms with E-state index in [-0.39, 0.29) is 0 Å². The maximum atomic E-state index is 2.47. The van der Waals surface area contributed by atoms with Gasteiger partial charge in [0.05, 0.1) is 0 Å². The Morgan fingerprint density at radius 2 is 1.11 bits per heavy atom. The second-order valence-electron chi connectivity index (χ2n) is 9.64. The van der Waals surface area contributed by atoms with E-state index in [1.54, 1.807) is 0 Å². The van der Waals surface area contributed by atoms with Crippen molar-refractivity contribution in [2.75, 3.05) is 20.6 Å². The lowest BCUT2D eigenvalue weighted by Crippen LogP contribution is -2.32. The van der Waals surface area contributed by atoms with E-state index in [2.05, 4.69) is 50.2 Å². The average molecular weight is 390 g/mol. The van der Waals surface area contributed by atoms with E-state index in [0.717, 1.165) is 0 Å². The number of hydrogen-bond donors (Lipinski definition) is 0. The van der Waals surface area contributed by atoms with Gasteiger partial charge in [-0.15, -0.1) is 0 Å². The first-order valence-corrected chi connectivity index (χ1v) is 12.7. The molecular formula is C27H51N. The molecule has 1 unspecified atom stereocenters. The predicted octanol–water partition coefficient (Wildman–Crippen LogP) is 8.70. The van der Waals surface area contributed by atoms with Crippen molar-refractivity contribution in [3.05, 3.63) is 24.3 Å². The smallest absolute Gasteiger partial charge is 0.00697 e. The van der Waals surface area contributed by atoms with E-state index in [1.807, 2.05) is 0 Å². The Balaban J connectivity index is 1.87. The fraction of sp³-hybridized carbons (Fsp3) is 0.852. The first-order chi connectivity index (χ1) is 13.7. The third-order valence-corrected chi connectivity index (χ3v) is 6.38. The largest absolute Gasteiger partial charge is 0.309 e. The van der Waals surface area contributed by atoms with E-state index in [9.17, 15) is 0 Å². The van der Waals surface area contributed by atoms with Gasteiger partial charge in [0, 0.05) is 12.0 Å². The number of nitrogens with zero attached hydrogens (tertiary/aromatic N) is 1. The molecule has 0 aromatic rings. The van der Waals surface area contributed by atoms with Crippen LogP contribution in [0.5, 0.6) is 0 Å². The molecule has 0 fully saturated rings. The maximum absolute atomic E-state index is 2.47. The van der Waals surface area contributed by atoms with Crippen molar-refractivity contribution in [3.63, 3.8) is 0 Å². The molecule has 1 heteroatoms. The van der Waals surface area contributed by atoms with E-state index < -0.39 is 0 Å². The first-order valence-electron chi connectivity index (χ1n) is 12.7. The molecule has 0 aromatic heterocycles. The molecule has 164 valence electrons. The molecule has 0 spiro atoms. The number of allylic oxidation sites excluding steroid dienone is 3. The van der Waals surface area contributed by atoms with Crippen molar-refractivity contribution in [3.8, 4) is 0 Å². The molecular weight excluding hydrogens is 338 g/mol. The molecule has 0 bridgehead atoms. The molecule has 28 heavy (non-hydrogen) atoms. The second-order valence-corrected chi connectivity index (χ2v) is 9.64. The molecule has 0 amide bonds. The van der Waals surface area contributed by atoms with Gasteiger partial charge < -0.3 is 4.90 Å². The monoisotopic (exact) mass is 389 g/mol. The topological polar surface area (TPSA) is 3.24 Å². The molecule has 0 saturated carbocycles. The summed E-state index contributed by atoms with van der Waals surface area (Å²) in [5, 5.41) is 0. The number of hydrogen-bond acceptors (Lipinski definition) is 1. The standard InChI is InChI=1S/C27H51N/c1-4-5-6-7-8-9-10-11-12-13-14-15-16-17-18-20-23-27(26-28(2)3)24-21-19-22-25-27/h19,21-22,24H,4-18,20,23,25-26H2,1-3H3. The van der Waals surface area contributed by atoms with Crippen molar-refractivity contribution in [2.45, 2.75) is 122 Å². The zero-order valence-corrected chi connectivity index (χ0v) is 19.7. The number of rotatable bonds is 19. The van der Waals surface area contributed by atoms with Crippen LogP contribution in [0, 0.1) is 5.41 Å². The molecule has 1 rings (SSSR count).